The molecule has 7 nitrogen and oxygen atoms in total. The summed E-state index contributed by atoms with van der Waals surface area (Å²) in [5.74, 6) is -1.31. The Bertz CT molecular complexity index is 923. The maximum absolute atomic E-state index is 12.3. The lowest BCUT2D eigenvalue weighted by molar-refractivity contribution is -0.137. The number of nitrogens with one attached hydrogen (secondary N) is 1. The number of carbonyl (C=O) groups excluding carboxylic acids is 2. The van der Waals surface area contributed by atoms with Crippen LogP contribution in [-0.2, 0) is 32.6 Å². The van der Waals surface area contributed by atoms with Gasteiger partial charge in [0, 0.05) is 18.8 Å². The normalized spacial score (nSPS) is 13.4. The van der Waals surface area contributed by atoms with Crippen molar-refractivity contribution in [1.82, 2.24) is 5.32 Å². The number of sulfonamides is 1. The molecule has 2 aromatic carbocycles. The molecule has 0 fully saturated rings. The Morgan fingerprint density at radius 1 is 1.08 bits per heavy atom. The van der Waals surface area contributed by atoms with Crippen molar-refractivity contribution in [2.45, 2.75) is 17.9 Å². The van der Waals surface area contributed by atoms with E-state index in [-0.39, 0.29) is 11.4 Å². The van der Waals surface area contributed by atoms with Gasteiger partial charge in [-0.2, -0.15) is 0 Å². The van der Waals surface area contributed by atoms with Gasteiger partial charge in [-0.25, -0.2) is 13.6 Å². The number of anilines is 1. The van der Waals surface area contributed by atoms with Gasteiger partial charge in [0.15, 0.2) is 0 Å². The van der Waals surface area contributed by atoms with Gasteiger partial charge in [-0.3, -0.25) is 9.59 Å². The van der Waals surface area contributed by atoms with E-state index in [0.717, 1.165) is 17.7 Å². The highest BCUT2D eigenvalue weighted by Gasteiger charge is 2.28. The second kappa shape index (κ2) is 6.66. The molecule has 0 bridgehead atoms. The van der Waals surface area contributed by atoms with E-state index in [1.807, 2.05) is 24.3 Å². The third-order valence-electron chi connectivity index (χ3n) is 4.03. The summed E-state index contributed by atoms with van der Waals surface area (Å²) in [5.41, 5.74) is 2.47. The molecule has 2 aromatic rings. The summed E-state index contributed by atoms with van der Waals surface area (Å²) < 4.78 is 22.4. The summed E-state index contributed by atoms with van der Waals surface area (Å²) in [6, 6.07) is 13.3. The molecule has 0 saturated carbocycles. The zero-order chi connectivity index (χ0) is 18.0. The number of para-hydroxylation sites is 1. The van der Waals surface area contributed by atoms with Crippen LogP contribution in [0.5, 0.6) is 0 Å². The molecule has 0 aliphatic carbocycles. The Labute approximate surface area is 145 Å². The van der Waals surface area contributed by atoms with Crippen LogP contribution in [-0.4, -0.2) is 26.8 Å². The van der Waals surface area contributed by atoms with Crippen LogP contribution in [0.4, 0.5) is 5.69 Å². The maximum Gasteiger partial charge on any atom is 0.316 e. The molecular weight excluding hydrogens is 342 g/mol. The van der Waals surface area contributed by atoms with Crippen LogP contribution < -0.4 is 15.4 Å². The highest BCUT2D eigenvalue weighted by Crippen LogP contribution is 2.27. The van der Waals surface area contributed by atoms with Crippen molar-refractivity contribution in [3.05, 3.63) is 59.7 Å². The predicted octanol–water partition coefficient (Wildman–Crippen LogP) is 0.539. The van der Waals surface area contributed by atoms with E-state index in [2.05, 4.69) is 5.32 Å². The zero-order valence-electron chi connectivity index (χ0n) is 13.3. The molecule has 1 aliphatic heterocycles. The minimum atomic E-state index is -3.75. The molecular formula is C17H17N3O4S. The average molecular weight is 359 g/mol. The zero-order valence-corrected chi connectivity index (χ0v) is 14.1. The SMILES string of the molecule is NS(=O)(=O)c1ccc(CNC(=O)C(=O)N2CCc3ccccc32)cc1. The van der Waals surface area contributed by atoms with E-state index in [1.54, 1.807) is 0 Å². The summed E-state index contributed by atoms with van der Waals surface area (Å²) in [6.07, 6.45) is 0.726. The van der Waals surface area contributed by atoms with Crippen molar-refractivity contribution < 1.29 is 18.0 Å². The minimum absolute atomic E-state index is 0.00710. The molecule has 0 radical (unpaired) electrons. The van der Waals surface area contributed by atoms with E-state index in [4.69, 9.17) is 5.14 Å². The van der Waals surface area contributed by atoms with Crippen molar-refractivity contribution in [3.63, 3.8) is 0 Å². The molecule has 3 N–H and O–H groups in total. The van der Waals surface area contributed by atoms with Crippen LogP contribution in [0.1, 0.15) is 11.1 Å². The fourth-order valence-electron chi connectivity index (χ4n) is 2.73. The van der Waals surface area contributed by atoms with Gasteiger partial charge >= 0.3 is 11.8 Å². The first-order valence-electron chi connectivity index (χ1n) is 7.65. The van der Waals surface area contributed by atoms with E-state index < -0.39 is 21.8 Å². The summed E-state index contributed by atoms with van der Waals surface area (Å²) in [7, 11) is -3.75. The van der Waals surface area contributed by atoms with Gasteiger partial charge in [0.25, 0.3) is 0 Å². The number of fused-ring (bicyclic) bond motifs is 1. The fraction of sp³-hybridized carbons (Fsp3) is 0.176. The molecule has 1 heterocycles. The lowest BCUT2D eigenvalue weighted by Crippen LogP contribution is -2.42. The molecule has 1 aliphatic rings. The molecule has 3 rings (SSSR count). The van der Waals surface area contributed by atoms with Crippen molar-refractivity contribution >= 4 is 27.5 Å². The molecule has 0 spiro atoms. The summed E-state index contributed by atoms with van der Waals surface area (Å²) in [5, 5.41) is 7.58. The number of benzene rings is 2. The Balaban J connectivity index is 1.62. The van der Waals surface area contributed by atoms with Crippen molar-refractivity contribution in [1.29, 1.82) is 0 Å². The number of rotatable bonds is 3. The van der Waals surface area contributed by atoms with Gasteiger partial charge in [-0.1, -0.05) is 30.3 Å². The van der Waals surface area contributed by atoms with Crippen LogP contribution in [0, 0.1) is 0 Å². The highest BCUT2D eigenvalue weighted by molar-refractivity contribution is 7.89. The van der Waals surface area contributed by atoms with Gasteiger partial charge in [-0.05, 0) is 35.7 Å². The van der Waals surface area contributed by atoms with Gasteiger partial charge in [-0.15, -0.1) is 0 Å². The number of hydrogen-bond donors (Lipinski definition) is 2. The van der Waals surface area contributed by atoms with Crippen molar-refractivity contribution in [3.8, 4) is 0 Å². The largest absolute Gasteiger partial charge is 0.344 e. The lowest BCUT2D eigenvalue weighted by Gasteiger charge is -2.16. The molecule has 8 heteroatoms. The standard InChI is InChI=1S/C17H17N3O4S/c18-25(23,24)14-7-5-12(6-8-14)11-19-16(21)17(22)20-10-9-13-3-1-2-4-15(13)20/h1-8H,9-11H2,(H,19,21)(H2,18,23,24). The number of primary sulfonamides is 1. The summed E-state index contributed by atoms with van der Waals surface area (Å²) in [4.78, 5) is 25.9. The molecule has 0 atom stereocenters. The third kappa shape index (κ3) is 3.70. The van der Waals surface area contributed by atoms with E-state index in [0.29, 0.717) is 12.1 Å². The molecule has 130 valence electrons. The maximum atomic E-state index is 12.3. The molecule has 0 saturated heterocycles. The minimum Gasteiger partial charge on any atom is -0.344 e. The molecule has 2 amide bonds. The first kappa shape index (κ1) is 17.1. The fourth-order valence-corrected chi connectivity index (χ4v) is 3.24. The molecule has 0 unspecified atom stereocenters. The van der Waals surface area contributed by atoms with E-state index in [9.17, 15) is 18.0 Å². The van der Waals surface area contributed by atoms with Crippen molar-refractivity contribution in [2.75, 3.05) is 11.4 Å². The number of hydrogen-bond acceptors (Lipinski definition) is 4. The lowest BCUT2D eigenvalue weighted by atomic mass is 10.2. The van der Waals surface area contributed by atoms with Crippen molar-refractivity contribution in [2.24, 2.45) is 5.14 Å². The van der Waals surface area contributed by atoms with Crippen LogP contribution in [0.2, 0.25) is 0 Å². The van der Waals surface area contributed by atoms with Crippen LogP contribution in [0.25, 0.3) is 0 Å². The van der Waals surface area contributed by atoms with Crippen LogP contribution in [0.3, 0.4) is 0 Å². The van der Waals surface area contributed by atoms with Gasteiger partial charge in [0.2, 0.25) is 10.0 Å². The topological polar surface area (TPSA) is 110 Å². The second-order valence-electron chi connectivity index (χ2n) is 5.71. The second-order valence-corrected chi connectivity index (χ2v) is 7.27. The van der Waals surface area contributed by atoms with Gasteiger partial charge < -0.3 is 10.2 Å². The average Bonchev–Trinajstić information content (AvgIpc) is 3.02. The van der Waals surface area contributed by atoms with Crippen LogP contribution in [0.15, 0.2) is 53.4 Å². The Hall–Kier alpha value is -2.71. The smallest absolute Gasteiger partial charge is 0.316 e. The number of carbonyl (C=O) groups is 2. The Kier molecular flexibility index (Phi) is 4.56. The molecule has 0 aromatic heterocycles. The molecule has 25 heavy (non-hydrogen) atoms. The first-order chi connectivity index (χ1) is 11.9. The Morgan fingerprint density at radius 2 is 1.76 bits per heavy atom. The monoisotopic (exact) mass is 359 g/mol. The Morgan fingerprint density at radius 3 is 2.44 bits per heavy atom. The van der Waals surface area contributed by atoms with E-state index in [1.165, 1.54) is 29.2 Å². The predicted molar refractivity (Wildman–Crippen MR) is 92.2 cm³/mol. The quantitative estimate of drug-likeness (QED) is 0.779. The summed E-state index contributed by atoms with van der Waals surface area (Å²) >= 11 is 0. The first-order valence-corrected chi connectivity index (χ1v) is 9.20. The van der Waals surface area contributed by atoms with Gasteiger partial charge in [0.1, 0.15) is 0 Å². The number of nitrogens with zero attached hydrogens (tertiary/aromatic N) is 1. The number of nitrogens with two attached hydrogens (primary N) is 1. The van der Waals surface area contributed by atoms with Crippen LogP contribution >= 0.6 is 0 Å². The summed E-state index contributed by atoms with van der Waals surface area (Å²) in [6.45, 7) is 0.597. The van der Waals surface area contributed by atoms with E-state index >= 15 is 0 Å². The number of amides is 2. The van der Waals surface area contributed by atoms with Gasteiger partial charge in [0.05, 0.1) is 4.90 Å². The third-order valence-corrected chi connectivity index (χ3v) is 4.96. The highest BCUT2D eigenvalue weighted by atomic mass is 32.2.